The second kappa shape index (κ2) is 5.04. The lowest BCUT2D eigenvalue weighted by Crippen LogP contribution is -2.30. The number of nitrogens with zero attached hydrogens (tertiary/aromatic N) is 1. The highest BCUT2D eigenvalue weighted by molar-refractivity contribution is 5.84. The molecular formula is C23H24N+. The minimum absolute atomic E-state index is 0.0524. The van der Waals surface area contributed by atoms with E-state index < -0.39 is 0 Å². The maximum atomic E-state index is 2.42. The first-order chi connectivity index (χ1) is 11.4. The first kappa shape index (κ1) is 15.1. The molecule has 0 saturated carbocycles. The van der Waals surface area contributed by atoms with E-state index >= 15 is 0 Å². The van der Waals surface area contributed by atoms with Gasteiger partial charge >= 0.3 is 0 Å². The van der Waals surface area contributed by atoms with Gasteiger partial charge in [-0.1, -0.05) is 44.2 Å². The molecule has 0 unspecified atom stereocenters. The number of aromatic nitrogens is 1. The summed E-state index contributed by atoms with van der Waals surface area (Å²) in [6, 6.07) is 18.1. The van der Waals surface area contributed by atoms with Crippen LogP contribution >= 0.6 is 0 Å². The molecule has 0 N–H and O–H groups in total. The zero-order valence-electron chi connectivity index (χ0n) is 15.1. The van der Waals surface area contributed by atoms with Crippen LogP contribution in [0.15, 0.2) is 54.7 Å². The molecular weight excluding hydrogens is 290 g/mol. The maximum absolute atomic E-state index is 2.42. The molecule has 120 valence electrons. The van der Waals surface area contributed by atoms with E-state index in [2.05, 4.69) is 94.0 Å². The van der Waals surface area contributed by atoms with Gasteiger partial charge in [-0.3, -0.25) is 0 Å². The van der Waals surface area contributed by atoms with Crippen molar-refractivity contribution < 1.29 is 4.57 Å². The van der Waals surface area contributed by atoms with Crippen molar-refractivity contribution in [3.05, 3.63) is 77.0 Å². The van der Waals surface area contributed by atoms with Crippen molar-refractivity contribution >= 4 is 0 Å². The lowest BCUT2D eigenvalue weighted by molar-refractivity contribution is -0.660. The summed E-state index contributed by atoms with van der Waals surface area (Å²) in [5.41, 5.74) is 11.0. The van der Waals surface area contributed by atoms with E-state index in [1.807, 2.05) is 0 Å². The Labute approximate surface area is 144 Å². The Kier molecular flexibility index (Phi) is 3.18. The molecule has 1 aliphatic rings. The van der Waals surface area contributed by atoms with Crippen molar-refractivity contribution in [1.82, 2.24) is 0 Å². The zero-order chi connectivity index (χ0) is 17.1. The molecule has 1 aliphatic carbocycles. The molecule has 4 rings (SSSR count). The topological polar surface area (TPSA) is 3.88 Å². The highest BCUT2D eigenvalue weighted by atomic mass is 14.9. The van der Waals surface area contributed by atoms with Crippen LogP contribution in [-0.2, 0) is 12.5 Å². The Morgan fingerprint density at radius 3 is 2.33 bits per heavy atom. The summed E-state index contributed by atoms with van der Waals surface area (Å²) in [6.07, 6.45) is 2.15. The lowest BCUT2D eigenvalue weighted by atomic mass is 9.81. The first-order valence-corrected chi connectivity index (χ1v) is 8.61. The smallest absolute Gasteiger partial charge is 0.201 e. The van der Waals surface area contributed by atoms with Crippen LogP contribution in [-0.4, -0.2) is 0 Å². The van der Waals surface area contributed by atoms with E-state index in [0.29, 0.717) is 0 Å². The predicted octanol–water partition coefficient (Wildman–Crippen LogP) is 5.10. The van der Waals surface area contributed by atoms with Crippen molar-refractivity contribution in [2.45, 2.75) is 33.1 Å². The van der Waals surface area contributed by atoms with E-state index in [4.69, 9.17) is 0 Å². The Morgan fingerprint density at radius 1 is 0.792 bits per heavy atom. The number of rotatable bonds is 1. The van der Waals surface area contributed by atoms with Gasteiger partial charge in [0, 0.05) is 23.1 Å². The fourth-order valence-corrected chi connectivity index (χ4v) is 4.07. The fraction of sp³-hybridized carbons (Fsp3) is 0.261. The van der Waals surface area contributed by atoms with Crippen LogP contribution in [0, 0.1) is 13.8 Å². The molecule has 3 aromatic rings. The van der Waals surface area contributed by atoms with Gasteiger partial charge in [-0.2, -0.15) is 0 Å². The van der Waals surface area contributed by atoms with Crippen LogP contribution in [0.3, 0.4) is 0 Å². The van der Waals surface area contributed by atoms with Crippen molar-refractivity contribution in [3.8, 4) is 22.4 Å². The molecule has 2 aromatic carbocycles. The van der Waals surface area contributed by atoms with Gasteiger partial charge in [0.1, 0.15) is 7.05 Å². The van der Waals surface area contributed by atoms with E-state index in [9.17, 15) is 0 Å². The molecule has 0 spiro atoms. The van der Waals surface area contributed by atoms with E-state index in [1.54, 1.807) is 0 Å². The monoisotopic (exact) mass is 314 g/mol. The molecule has 0 saturated heterocycles. The zero-order valence-corrected chi connectivity index (χ0v) is 15.1. The molecule has 0 radical (unpaired) electrons. The molecule has 1 nitrogen and oxygen atoms in total. The summed E-state index contributed by atoms with van der Waals surface area (Å²) >= 11 is 0. The molecule has 0 atom stereocenters. The quantitative estimate of drug-likeness (QED) is 0.550. The summed E-state index contributed by atoms with van der Waals surface area (Å²) < 4.78 is 2.22. The minimum Gasteiger partial charge on any atom is -0.201 e. The highest BCUT2D eigenvalue weighted by Gasteiger charge is 2.36. The van der Waals surface area contributed by atoms with Gasteiger partial charge < -0.3 is 0 Å². The summed E-state index contributed by atoms with van der Waals surface area (Å²) in [5, 5.41) is 0. The van der Waals surface area contributed by atoms with Gasteiger partial charge in [0.25, 0.3) is 0 Å². The van der Waals surface area contributed by atoms with Gasteiger partial charge in [0.2, 0.25) is 5.69 Å². The fourth-order valence-electron chi connectivity index (χ4n) is 4.07. The van der Waals surface area contributed by atoms with Crippen LogP contribution in [0.25, 0.3) is 22.4 Å². The van der Waals surface area contributed by atoms with Crippen molar-refractivity contribution in [3.63, 3.8) is 0 Å². The van der Waals surface area contributed by atoms with Gasteiger partial charge in [0.15, 0.2) is 6.20 Å². The standard InChI is InChI=1S/C23H24N/c1-15-10-11-24(5)22(12-15)18-14-21-19(13-16(18)2)17-8-6-7-9-20(17)23(21,3)4/h6-14H,1-5H3/q+1. The molecule has 1 heterocycles. The largest absolute Gasteiger partial charge is 0.212 e. The normalized spacial score (nSPS) is 14.4. The number of fused-ring (bicyclic) bond motifs is 3. The Balaban J connectivity index is 2.00. The summed E-state index contributed by atoms with van der Waals surface area (Å²) in [7, 11) is 2.13. The third-order valence-electron chi connectivity index (χ3n) is 5.51. The minimum atomic E-state index is 0.0524. The average molecular weight is 314 g/mol. The Morgan fingerprint density at radius 2 is 1.54 bits per heavy atom. The number of benzene rings is 2. The molecule has 24 heavy (non-hydrogen) atoms. The SMILES string of the molecule is Cc1cc[n+](C)c(-c2cc3c(cc2C)-c2ccccc2C3(C)C)c1. The lowest BCUT2D eigenvalue weighted by Gasteiger charge is -2.22. The average Bonchev–Trinajstić information content (AvgIpc) is 2.77. The maximum Gasteiger partial charge on any atom is 0.212 e. The Bertz CT molecular complexity index is 964. The molecule has 1 heteroatoms. The third-order valence-corrected chi connectivity index (χ3v) is 5.51. The van der Waals surface area contributed by atoms with Crippen molar-refractivity contribution in [1.29, 1.82) is 0 Å². The van der Waals surface area contributed by atoms with Crippen molar-refractivity contribution in [2.24, 2.45) is 7.05 Å². The van der Waals surface area contributed by atoms with E-state index in [1.165, 1.54) is 44.6 Å². The van der Waals surface area contributed by atoms with Gasteiger partial charge in [-0.25, -0.2) is 4.57 Å². The van der Waals surface area contributed by atoms with Crippen LogP contribution in [0.4, 0.5) is 0 Å². The predicted molar refractivity (Wildman–Crippen MR) is 100 cm³/mol. The molecule has 0 fully saturated rings. The number of pyridine rings is 1. The Hall–Kier alpha value is -2.41. The third kappa shape index (κ3) is 2.04. The van der Waals surface area contributed by atoms with E-state index in [-0.39, 0.29) is 5.41 Å². The molecule has 0 aliphatic heterocycles. The van der Waals surface area contributed by atoms with Crippen LogP contribution < -0.4 is 4.57 Å². The highest BCUT2D eigenvalue weighted by Crippen LogP contribution is 2.49. The second-order valence-corrected chi connectivity index (χ2v) is 7.58. The van der Waals surface area contributed by atoms with Crippen LogP contribution in [0.2, 0.25) is 0 Å². The summed E-state index contributed by atoms with van der Waals surface area (Å²) in [5.74, 6) is 0. The molecule has 1 aromatic heterocycles. The van der Waals surface area contributed by atoms with Gasteiger partial charge in [-0.15, -0.1) is 0 Å². The van der Waals surface area contributed by atoms with E-state index in [0.717, 1.165) is 0 Å². The van der Waals surface area contributed by atoms with Gasteiger partial charge in [-0.05, 0) is 53.3 Å². The summed E-state index contributed by atoms with van der Waals surface area (Å²) in [6.45, 7) is 9.07. The van der Waals surface area contributed by atoms with Crippen LogP contribution in [0.5, 0.6) is 0 Å². The molecule has 0 amide bonds. The first-order valence-electron chi connectivity index (χ1n) is 8.61. The summed E-state index contributed by atoms with van der Waals surface area (Å²) in [4.78, 5) is 0. The van der Waals surface area contributed by atoms with Gasteiger partial charge in [0.05, 0.1) is 0 Å². The molecule has 0 bridgehead atoms. The van der Waals surface area contributed by atoms with Crippen molar-refractivity contribution in [2.75, 3.05) is 0 Å². The number of aryl methyl sites for hydroxylation is 3. The second-order valence-electron chi connectivity index (χ2n) is 7.58. The van der Waals surface area contributed by atoms with Crippen LogP contribution in [0.1, 0.15) is 36.1 Å². The number of hydrogen-bond acceptors (Lipinski definition) is 0. The number of hydrogen-bond donors (Lipinski definition) is 0.